The molecule has 4 aromatic rings. The molecule has 1 saturated heterocycles. The third-order valence-corrected chi connectivity index (χ3v) is 7.21. The lowest BCUT2D eigenvalue weighted by atomic mass is 10.1. The van der Waals surface area contributed by atoms with Crippen LogP contribution in [-0.4, -0.2) is 63.3 Å². The number of esters is 1. The molecular weight excluding hydrogens is 586 g/mol. The molecule has 11 nitrogen and oxygen atoms in total. The molecule has 1 aliphatic heterocycles. The minimum Gasteiger partial charge on any atom is -0.488 e. The molecule has 0 unspecified atom stereocenters. The number of carbonyl (C=O) groups excluding carboxylic acids is 4. The molecule has 5 rings (SSSR count). The predicted octanol–water partition coefficient (Wildman–Crippen LogP) is 4.99. The summed E-state index contributed by atoms with van der Waals surface area (Å²) in [5.41, 5.74) is 1.06. The van der Waals surface area contributed by atoms with E-state index in [1.54, 1.807) is 55.8 Å². The van der Waals surface area contributed by atoms with Crippen LogP contribution in [0.15, 0.2) is 73.1 Å². The lowest BCUT2D eigenvalue weighted by Crippen LogP contribution is -2.31. The molecule has 1 amide bonds. The van der Waals surface area contributed by atoms with Crippen molar-refractivity contribution in [1.29, 1.82) is 0 Å². The maximum Gasteiger partial charge on any atom is 0.411 e. The average Bonchev–Trinajstić information content (AvgIpc) is 3.61. The molecule has 1 aliphatic rings. The monoisotopic (exact) mass is 617 g/mol. The zero-order valence-electron chi connectivity index (χ0n) is 24.6. The van der Waals surface area contributed by atoms with Gasteiger partial charge in [-0.05, 0) is 50.6 Å². The summed E-state index contributed by atoms with van der Waals surface area (Å²) in [6.07, 6.45) is 3.08. The van der Waals surface area contributed by atoms with Crippen molar-refractivity contribution in [2.75, 3.05) is 7.11 Å². The van der Waals surface area contributed by atoms with Crippen molar-refractivity contribution < 1.29 is 38.2 Å². The molecule has 228 valence electrons. The zero-order valence-corrected chi connectivity index (χ0v) is 25.4. The number of nitrogens with zero attached hydrogens (tertiary/aromatic N) is 3. The largest absolute Gasteiger partial charge is 0.488 e. The van der Waals surface area contributed by atoms with Crippen LogP contribution in [0.3, 0.4) is 0 Å². The highest BCUT2D eigenvalue weighted by atomic mass is 32.1. The summed E-state index contributed by atoms with van der Waals surface area (Å²) in [5.74, 6) is -1.00. The Kier molecular flexibility index (Phi) is 8.54. The fraction of sp³-hybridized carbons (Fsp3) is 0.281. The first-order valence-electron chi connectivity index (χ1n) is 13.8. The fourth-order valence-corrected chi connectivity index (χ4v) is 5.06. The van der Waals surface area contributed by atoms with E-state index in [-0.39, 0.29) is 23.4 Å². The predicted molar refractivity (Wildman–Crippen MR) is 162 cm³/mol. The van der Waals surface area contributed by atoms with E-state index < -0.39 is 35.7 Å². The number of fused-ring (bicyclic) bond motifs is 1. The summed E-state index contributed by atoms with van der Waals surface area (Å²) < 4.78 is 19.8. The van der Waals surface area contributed by atoms with Crippen LogP contribution in [0.2, 0.25) is 0 Å². The Balaban J connectivity index is 1.51. The SMILES string of the molecule is COC(=O)c1cc(OCc2ccccc2)c2c(C=O)cn(C[C@H]3[C@H](C(=O)On4ccccc4=S)N3C(=O)OC(C)(C)C)c2c1. The summed E-state index contributed by atoms with van der Waals surface area (Å²) in [5, 5.41) is 0.475. The number of amides is 1. The Labute approximate surface area is 258 Å². The van der Waals surface area contributed by atoms with E-state index in [0.29, 0.717) is 28.5 Å². The first-order valence-corrected chi connectivity index (χ1v) is 14.2. The highest BCUT2D eigenvalue weighted by molar-refractivity contribution is 7.71. The van der Waals surface area contributed by atoms with Crippen LogP contribution >= 0.6 is 12.2 Å². The molecule has 3 heterocycles. The summed E-state index contributed by atoms with van der Waals surface area (Å²) in [4.78, 5) is 58.1. The van der Waals surface area contributed by atoms with Crippen LogP contribution in [0.1, 0.15) is 47.1 Å². The minimum absolute atomic E-state index is 0.0757. The first-order chi connectivity index (χ1) is 21.0. The molecule has 44 heavy (non-hydrogen) atoms. The second kappa shape index (κ2) is 12.3. The number of hydrogen-bond donors (Lipinski definition) is 0. The Morgan fingerprint density at radius 3 is 2.41 bits per heavy atom. The lowest BCUT2D eigenvalue weighted by molar-refractivity contribution is -0.144. The maximum absolute atomic E-state index is 13.3. The summed E-state index contributed by atoms with van der Waals surface area (Å²) in [6, 6.07) is 15.8. The van der Waals surface area contributed by atoms with Gasteiger partial charge in [0.1, 0.15) is 22.6 Å². The van der Waals surface area contributed by atoms with Gasteiger partial charge in [-0.3, -0.25) is 9.69 Å². The maximum atomic E-state index is 13.3. The van der Waals surface area contributed by atoms with Crippen LogP contribution in [0.5, 0.6) is 5.75 Å². The van der Waals surface area contributed by atoms with Gasteiger partial charge in [-0.15, -0.1) is 0 Å². The molecule has 1 fully saturated rings. The summed E-state index contributed by atoms with van der Waals surface area (Å²) in [6.45, 7) is 5.44. The number of rotatable bonds is 9. The van der Waals surface area contributed by atoms with Gasteiger partial charge in [-0.2, -0.15) is 4.73 Å². The number of aldehydes is 1. The van der Waals surface area contributed by atoms with Crippen molar-refractivity contribution in [3.63, 3.8) is 0 Å². The van der Waals surface area contributed by atoms with E-state index in [1.165, 1.54) is 24.3 Å². The van der Waals surface area contributed by atoms with E-state index >= 15 is 0 Å². The van der Waals surface area contributed by atoms with Gasteiger partial charge in [-0.25, -0.2) is 14.4 Å². The highest BCUT2D eigenvalue weighted by Gasteiger charge is 2.58. The molecule has 0 radical (unpaired) electrons. The van der Waals surface area contributed by atoms with E-state index in [0.717, 1.165) is 10.3 Å². The zero-order chi connectivity index (χ0) is 31.6. The fourth-order valence-electron chi connectivity index (χ4n) is 4.89. The molecule has 0 N–H and O–H groups in total. The van der Waals surface area contributed by atoms with Crippen molar-refractivity contribution in [1.82, 2.24) is 14.2 Å². The van der Waals surface area contributed by atoms with Crippen molar-refractivity contribution in [2.45, 2.75) is 51.6 Å². The molecule has 2 aromatic heterocycles. The van der Waals surface area contributed by atoms with E-state index in [9.17, 15) is 19.2 Å². The lowest BCUT2D eigenvalue weighted by Gasteiger charge is -2.20. The van der Waals surface area contributed by atoms with Crippen LogP contribution in [0.4, 0.5) is 4.79 Å². The molecule has 0 spiro atoms. The second-order valence-corrected chi connectivity index (χ2v) is 11.6. The third-order valence-electron chi connectivity index (χ3n) is 6.90. The van der Waals surface area contributed by atoms with Crippen molar-refractivity contribution >= 4 is 47.4 Å². The highest BCUT2D eigenvalue weighted by Crippen LogP contribution is 2.37. The average molecular weight is 618 g/mol. The Morgan fingerprint density at radius 1 is 1.02 bits per heavy atom. The molecule has 0 bridgehead atoms. The van der Waals surface area contributed by atoms with Crippen LogP contribution in [0.25, 0.3) is 10.9 Å². The summed E-state index contributed by atoms with van der Waals surface area (Å²) >= 11 is 5.24. The number of ether oxygens (including phenoxy) is 3. The standard InChI is InChI=1S/C32H31N3O8S/c1-32(2,3)42-31(39)35-24(28(35)30(38)43-34-13-9-8-12-26(34)44)17-33-16-22(18-36)27-23(33)14-21(29(37)40-4)15-25(27)41-19-20-10-6-5-7-11-20/h5-16,18,24,28H,17,19H2,1-4H3/t24-,28+,35?/m0/s1. The van der Waals surface area contributed by atoms with E-state index in [2.05, 4.69) is 0 Å². The smallest absolute Gasteiger partial charge is 0.411 e. The Bertz CT molecular complexity index is 1790. The number of benzene rings is 2. The summed E-state index contributed by atoms with van der Waals surface area (Å²) in [7, 11) is 1.27. The first kappa shape index (κ1) is 30.5. The van der Waals surface area contributed by atoms with Gasteiger partial charge in [0.05, 0.1) is 29.6 Å². The van der Waals surface area contributed by atoms with Gasteiger partial charge in [0.25, 0.3) is 0 Å². The quantitative estimate of drug-likeness (QED) is 0.111. The van der Waals surface area contributed by atoms with Crippen molar-refractivity contribution in [2.24, 2.45) is 0 Å². The van der Waals surface area contributed by atoms with Gasteiger partial charge in [0, 0.05) is 24.5 Å². The minimum atomic E-state index is -0.998. The normalized spacial score (nSPS) is 15.9. The Hall–Kier alpha value is -4.97. The van der Waals surface area contributed by atoms with Crippen molar-refractivity contribution in [3.05, 3.63) is 94.4 Å². The topological polar surface area (TPSA) is 118 Å². The molecule has 0 saturated carbocycles. The Morgan fingerprint density at radius 2 is 1.75 bits per heavy atom. The third kappa shape index (κ3) is 6.50. The number of hydrogen-bond acceptors (Lipinski definition) is 9. The number of carbonyl (C=O) groups is 4. The van der Waals surface area contributed by atoms with Gasteiger partial charge in [0.15, 0.2) is 12.3 Å². The van der Waals surface area contributed by atoms with E-state index in [1.807, 2.05) is 30.3 Å². The van der Waals surface area contributed by atoms with E-state index in [4.69, 9.17) is 31.3 Å². The van der Waals surface area contributed by atoms with Crippen molar-refractivity contribution in [3.8, 4) is 5.75 Å². The number of methoxy groups -OCH3 is 1. The molecule has 0 aliphatic carbocycles. The van der Waals surface area contributed by atoms with Crippen LogP contribution in [-0.2, 0) is 27.4 Å². The molecule has 12 heteroatoms. The van der Waals surface area contributed by atoms with Gasteiger partial charge in [-0.1, -0.05) is 48.6 Å². The second-order valence-electron chi connectivity index (χ2n) is 11.2. The van der Waals surface area contributed by atoms with Crippen LogP contribution in [0, 0.1) is 4.64 Å². The number of aromatic nitrogens is 2. The number of pyridine rings is 1. The van der Waals surface area contributed by atoms with Gasteiger partial charge >= 0.3 is 18.0 Å². The van der Waals surface area contributed by atoms with Gasteiger partial charge in [0.2, 0.25) is 0 Å². The molecule has 2 atom stereocenters. The van der Waals surface area contributed by atoms with Gasteiger partial charge < -0.3 is 23.6 Å². The van der Waals surface area contributed by atoms with Crippen LogP contribution < -0.4 is 9.57 Å². The molecular formula is C32H31N3O8S. The molecule has 2 aromatic carbocycles.